The molecule has 0 aliphatic carbocycles. The molecule has 5 heteroatoms. The zero-order valence-corrected chi connectivity index (χ0v) is 12.4. The fraction of sp³-hybridized carbons (Fsp3) is 0.0588. The van der Waals surface area contributed by atoms with Crippen molar-refractivity contribution in [2.75, 3.05) is 0 Å². The highest BCUT2D eigenvalue weighted by molar-refractivity contribution is 6.35. The van der Waals surface area contributed by atoms with Crippen LogP contribution in [0.4, 0.5) is 0 Å². The van der Waals surface area contributed by atoms with Gasteiger partial charge < -0.3 is 4.57 Å². The molecule has 2 aromatic carbocycles. The summed E-state index contributed by atoms with van der Waals surface area (Å²) in [6, 6.07) is 11.1. The van der Waals surface area contributed by atoms with Crippen molar-refractivity contribution < 1.29 is 9.59 Å². The van der Waals surface area contributed by atoms with Crippen molar-refractivity contribution >= 4 is 34.3 Å². The molecule has 1 N–H and O–H groups in total. The van der Waals surface area contributed by atoms with Crippen LogP contribution in [0.3, 0.4) is 0 Å². The van der Waals surface area contributed by atoms with E-state index in [0.717, 1.165) is 16.5 Å². The maximum atomic E-state index is 12.3. The van der Waals surface area contributed by atoms with Crippen molar-refractivity contribution in [2.45, 2.75) is 0 Å². The number of carbonyl (C=O) groups excluding carboxylic acids is 2. The van der Waals surface area contributed by atoms with E-state index < -0.39 is 0 Å². The fourth-order valence-electron chi connectivity index (χ4n) is 3.00. The lowest BCUT2D eigenvalue weighted by atomic mass is 9.94. The number of aryl methyl sites for hydroxylation is 1. The van der Waals surface area contributed by atoms with E-state index in [2.05, 4.69) is 5.32 Å². The van der Waals surface area contributed by atoms with Gasteiger partial charge in [-0.1, -0.05) is 29.8 Å². The summed E-state index contributed by atoms with van der Waals surface area (Å²) in [6.45, 7) is 0. The van der Waals surface area contributed by atoms with Crippen LogP contribution in [0.2, 0.25) is 5.02 Å². The van der Waals surface area contributed by atoms with Gasteiger partial charge in [0.15, 0.2) is 0 Å². The SMILES string of the molecule is Cn1ccc2c3c(c(-c4ccccc4Cl)cc21)C(=O)NC3=O. The molecule has 1 aliphatic rings. The zero-order valence-electron chi connectivity index (χ0n) is 11.7. The van der Waals surface area contributed by atoms with Crippen LogP contribution in [-0.4, -0.2) is 16.4 Å². The Bertz CT molecular complexity index is 972. The number of amides is 2. The molecule has 0 atom stereocenters. The number of benzene rings is 2. The minimum absolute atomic E-state index is 0.356. The standard InChI is InChI=1S/C17H11ClN2O2/c1-20-7-6-10-13(20)8-11(9-4-2-3-5-12(9)18)15-14(10)16(21)19-17(15)22/h2-8H,1H3,(H,19,21,22). The van der Waals surface area contributed by atoms with Gasteiger partial charge in [0.25, 0.3) is 11.8 Å². The highest BCUT2D eigenvalue weighted by Gasteiger charge is 2.33. The summed E-state index contributed by atoms with van der Waals surface area (Å²) in [5, 5.41) is 3.70. The van der Waals surface area contributed by atoms with Crippen molar-refractivity contribution in [3.63, 3.8) is 0 Å². The average molecular weight is 311 g/mol. The summed E-state index contributed by atoms with van der Waals surface area (Å²) < 4.78 is 1.92. The van der Waals surface area contributed by atoms with E-state index in [0.29, 0.717) is 21.7 Å². The van der Waals surface area contributed by atoms with Gasteiger partial charge in [-0.25, -0.2) is 0 Å². The van der Waals surface area contributed by atoms with E-state index in [1.54, 1.807) is 6.07 Å². The minimum Gasteiger partial charge on any atom is -0.351 e. The summed E-state index contributed by atoms with van der Waals surface area (Å²) in [7, 11) is 1.90. The largest absolute Gasteiger partial charge is 0.351 e. The van der Waals surface area contributed by atoms with E-state index in [-0.39, 0.29) is 11.8 Å². The van der Waals surface area contributed by atoms with E-state index in [1.165, 1.54) is 0 Å². The van der Waals surface area contributed by atoms with E-state index in [1.807, 2.05) is 48.1 Å². The van der Waals surface area contributed by atoms with Gasteiger partial charge in [0.1, 0.15) is 0 Å². The van der Waals surface area contributed by atoms with Gasteiger partial charge in [-0.2, -0.15) is 0 Å². The molecule has 0 radical (unpaired) electrons. The van der Waals surface area contributed by atoms with Crippen LogP contribution in [0.1, 0.15) is 20.7 Å². The Morgan fingerprint density at radius 3 is 2.50 bits per heavy atom. The third-order valence-electron chi connectivity index (χ3n) is 4.04. The van der Waals surface area contributed by atoms with Crippen molar-refractivity contribution in [3.8, 4) is 11.1 Å². The molecule has 2 amide bonds. The number of imide groups is 1. The second kappa shape index (κ2) is 4.45. The Morgan fingerprint density at radius 1 is 1.00 bits per heavy atom. The molecule has 0 saturated heterocycles. The maximum absolute atomic E-state index is 12.3. The van der Waals surface area contributed by atoms with Gasteiger partial charge in [-0.05, 0) is 23.8 Å². The molecule has 0 unspecified atom stereocenters. The number of halogens is 1. The smallest absolute Gasteiger partial charge is 0.259 e. The van der Waals surface area contributed by atoms with Gasteiger partial charge in [0.05, 0.1) is 11.1 Å². The highest BCUT2D eigenvalue weighted by Crippen LogP contribution is 2.38. The lowest BCUT2D eigenvalue weighted by Gasteiger charge is -2.10. The lowest BCUT2D eigenvalue weighted by molar-refractivity contribution is 0.0880. The maximum Gasteiger partial charge on any atom is 0.259 e. The van der Waals surface area contributed by atoms with E-state index >= 15 is 0 Å². The van der Waals surface area contributed by atoms with Crippen molar-refractivity contribution in [1.82, 2.24) is 9.88 Å². The normalized spacial score (nSPS) is 13.5. The van der Waals surface area contributed by atoms with Crippen LogP contribution in [-0.2, 0) is 7.05 Å². The summed E-state index contributed by atoms with van der Waals surface area (Å²) in [6.07, 6.45) is 1.87. The number of hydrogen-bond donors (Lipinski definition) is 1. The van der Waals surface area contributed by atoms with Gasteiger partial charge in [-0.3, -0.25) is 14.9 Å². The first kappa shape index (κ1) is 13.1. The highest BCUT2D eigenvalue weighted by atomic mass is 35.5. The molecule has 108 valence electrons. The van der Waals surface area contributed by atoms with E-state index in [4.69, 9.17) is 11.6 Å². The molecule has 22 heavy (non-hydrogen) atoms. The Balaban J connectivity index is 2.18. The third-order valence-corrected chi connectivity index (χ3v) is 4.37. The monoisotopic (exact) mass is 310 g/mol. The Hall–Kier alpha value is -2.59. The molecule has 0 bridgehead atoms. The molecule has 1 aliphatic heterocycles. The third kappa shape index (κ3) is 1.64. The van der Waals surface area contributed by atoms with Crippen LogP contribution in [0.5, 0.6) is 0 Å². The number of nitrogens with one attached hydrogen (secondary N) is 1. The quantitative estimate of drug-likeness (QED) is 0.701. The number of rotatable bonds is 1. The van der Waals surface area contributed by atoms with Crippen LogP contribution < -0.4 is 5.32 Å². The molecule has 4 rings (SSSR count). The molecule has 3 aromatic rings. The van der Waals surface area contributed by atoms with Crippen molar-refractivity contribution in [2.24, 2.45) is 7.05 Å². The van der Waals surface area contributed by atoms with Crippen LogP contribution in [0.15, 0.2) is 42.6 Å². The van der Waals surface area contributed by atoms with E-state index in [9.17, 15) is 9.59 Å². The molecule has 1 aromatic heterocycles. The number of aromatic nitrogens is 1. The summed E-state index contributed by atoms with van der Waals surface area (Å²) >= 11 is 6.29. The van der Waals surface area contributed by atoms with Gasteiger partial charge in [0, 0.05) is 34.7 Å². The Kier molecular flexibility index (Phi) is 2.65. The number of nitrogens with zero attached hydrogens (tertiary/aromatic N) is 1. The molecule has 0 saturated carbocycles. The Labute approximate surface area is 131 Å². The second-order valence-electron chi connectivity index (χ2n) is 5.30. The van der Waals surface area contributed by atoms with Crippen LogP contribution in [0.25, 0.3) is 22.0 Å². The first-order valence-electron chi connectivity index (χ1n) is 6.80. The number of fused-ring (bicyclic) bond motifs is 3. The van der Waals surface area contributed by atoms with Crippen LogP contribution >= 0.6 is 11.6 Å². The predicted octanol–water partition coefficient (Wildman–Crippen LogP) is 3.38. The van der Waals surface area contributed by atoms with Gasteiger partial charge in [-0.15, -0.1) is 0 Å². The first-order valence-corrected chi connectivity index (χ1v) is 7.18. The molecular weight excluding hydrogens is 300 g/mol. The molecule has 4 nitrogen and oxygen atoms in total. The number of hydrogen-bond acceptors (Lipinski definition) is 2. The lowest BCUT2D eigenvalue weighted by Crippen LogP contribution is -2.20. The fourth-order valence-corrected chi connectivity index (χ4v) is 3.24. The molecular formula is C17H11ClN2O2. The number of carbonyl (C=O) groups is 2. The van der Waals surface area contributed by atoms with Crippen molar-refractivity contribution in [1.29, 1.82) is 0 Å². The van der Waals surface area contributed by atoms with Crippen LogP contribution in [0, 0.1) is 0 Å². The summed E-state index contributed by atoms with van der Waals surface area (Å²) in [4.78, 5) is 24.4. The van der Waals surface area contributed by atoms with Gasteiger partial charge in [0.2, 0.25) is 0 Å². The summed E-state index contributed by atoms with van der Waals surface area (Å²) in [5.74, 6) is -0.731. The van der Waals surface area contributed by atoms with Gasteiger partial charge >= 0.3 is 0 Å². The first-order chi connectivity index (χ1) is 10.6. The molecule has 2 heterocycles. The predicted molar refractivity (Wildman–Crippen MR) is 85.2 cm³/mol. The molecule has 0 spiro atoms. The molecule has 0 fully saturated rings. The average Bonchev–Trinajstić information content (AvgIpc) is 3.00. The zero-order chi connectivity index (χ0) is 15.4. The minimum atomic E-state index is -0.374. The van der Waals surface area contributed by atoms with Crippen molar-refractivity contribution in [3.05, 3.63) is 58.7 Å². The second-order valence-corrected chi connectivity index (χ2v) is 5.70. The summed E-state index contributed by atoms with van der Waals surface area (Å²) in [5.41, 5.74) is 3.14. The Morgan fingerprint density at radius 2 is 1.73 bits per heavy atom. The topological polar surface area (TPSA) is 51.1 Å².